The fraction of sp³-hybridized carbons (Fsp3) is 0. The Hall–Kier alpha value is -1.74. The normalized spacial score (nSPS) is 11.8. The first kappa shape index (κ1) is 9.31. The lowest BCUT2D eigenvalue weighted by Crippen LogP contribution is -1.71. The van der Waals surface area contributed by atoms with Crippen LogP contribution < -0.4 is 0 Å². The van der Waals surface area contributed by atoms with Gasteiger partial charge in [0.05, 0.1) is 16.6 Å². The minimum atomic E-state index is 1.10. The molecule has 2 N–H and O–H groups in total. The predicted octanol–water partition coefficient (Wildman–Crippen LogP) is 4.56. The molecule has 2 aromatic carbocycles. The molecule has 0 bridgehead atoms. The van der Waals surface area contributed by atoms with E-state index in [1.54, 1.807) is 0 Å². The van der Waals surface area contributed by atoms with Crippen molar-refractivity contribution in [1.82, 2.24) is 9.97 Å². The van der Waals surface area contributed by atoms with Crippen LogP contribution in [0.25, 0.3) is 32.7 Å². The maximum absolute atomic E-state index is 3.59. The summed E-state index contributed by atoms with van der Waals surface area (Å²) in [6, 6.07) is 12.7. The number of benzene rings is 2. The fourth-order valence-electron chi connectivity index (χ4n) is 2.48. The highest BCUT2D eigenvalue weighted by Gasteiger charge is 2.09. The van der Waals surface area contributed by atoms with Gasteiger partial charge in [-0.05, 0) is 28.1 Å². The van der Waals surface area contributed by atoms with E-state index in [-0.39, 0.29) is 0 Å². The summed E-state index contributed by atoms with van der Waals surface area (Å²) in [5, 5.41) is 3.75. The number of para-hydroxylation sites is 1. The first-order valence-electron chi connectivity index (χ1n) is 5.50. The molecule has 2 heterocycles. The van der Waals surface area contributed by atoms with Crippen LogP contribution in [0.3, 0.4) is 0 Å². The SMILES string of the molecule is Brc1cccc2c1[nH]c1c2ccc2cc[nH]c21. The molecule has 0 unspecified atom stereocenters. The van der Waals surface area contributed by atoms with E-state index in [0.29, 0.717) is 0 Å². The van der Waals surface area contributed by atoms with E-state index in [4.69, 9.17) is 0 Å². The lowest BCUT2D eigenvalue weighted by molar-refractivity contribution is 1.46. The van der Waals surface area contributed by atoms with Crippen LogP contribution in [0.5, 0.6) is 0 Å². The number of rotatable bonds is 0. The van der Waals surface area contributed by atoms with Gasteiger partial charge in [0.25, 0.3) is 0 Å². The third-order valence-corrected chi connectivity index (χ3v) is 3.94. The Labute approximate surface area is 106 Å². The summed E-state index contributed by atoms with van der Waals surface area (Å²) in [6.45, 7) is 0. The number of hydrogen-bond acceptors (Lipinski definition) is 0. The molecule has 0 fully saturated rings. The lowest BCUT2D eigenvalue weighted by Gasteiger charge is -1.93. The van der Waals surface area contributed by atoms with Gasteiger partial charge in [0.2, 0.25) is 0 Å². The van der Waals surface area contributed by atoms with Gasteiger partial charge < -0.3 is 9.97 Å². The molecule has 2 nitrogen and oxygen atoms in total. The number of H-pyrrole nitrogens is 2. The van der Waals surface area contributed by atoms with Crippen molar-refractivity contribution in [3.05, 3.63) is 47.1 Å². The smallest absolute Gasteiger partial charge is 0.0710 e. The predicted molar refractivity (Wildman–Crippen MR) is 75.4 cm³/mol. The second-order valence-corrected chi connectivity index (χ2v) is 5.07. The Balaban J connectivity index is 2.36. The zero-order valence-corrected chi connectivity index (χ0v) is 10.5. The molecule has 0 atom stereocenters. The van der Waals surface area contributed by atoms with Gasteiger partial charge in [-0.25, -0.2) is 0 Å². The molecule has 3 heteroatoms. The quantitative estimate of drug-likeness (QED) is 0.474. The number of hydrogen-bond donors (Lipinski definition) is 2. The highest BCUT2D eigenvalue weighted by molar-refractivity contribution is 9.10. The summed E-state index contributed by atoms with van der Waals surface area (Å²) in [5.41, 5.74) is 3.50. The molecule has 0 saturated carbocycles. The minimum absolute atomic E-state index is 1.10. The summed E-state index contributed by atoms with van der Waals surface area (Å²) in [6.07, 6.45) is 1.98. The topological polar surface area (TPSA) is 31.6 Å². The van der Waals surface area contributed by atoms with E-state index in [1.165, 1.54) is 27.2 Å². The minimum Gasteiger partial charge on any atom is -0.359 e. The molecule has 4 aromatic rings. The van der Waals surface area contributed by atoms with Crippen molar-refractivity contribution in [2.75, 3.05) is 0 Å². The van der Waals surface area contributed by atoms with Crippen molar-refractivity contribution in [2.45, 2.75) is 0 Å². The molecular formula is C14H9BrN2. The number of halogens is 1. The largest absolute Gasteiger partial charge is 0.359 e. The van der Waals surface area contributed by atoms with Gasteiger partial charge in [-0.3, -0.25) is 0 Å². The Bertz CT molecular complexity index is 854. The maximum Gasteiger partial charge on any atom is 0.0710 e. The van der Waals surface area contributed by atoms with Crippen molar-refractivity contribution < 1.29 is 0 Å². The summed E-state index contributed by atoms with van der Waals surface area (Å²) in [5.74, 6) is 0. The third kappa shape index (κ3) is 1.15. The van der Waals surface area contributed by atoms with E-state index in [1.807, 2.05) is 6.20 Å². The van der Waals surface area contributed by atoms with Crippen LogP contribution in [-0.4, -0.2) is 9.97 Å². The number of nitrogens with one attached hydrogen (secondary N) is 2. The second kappa shape index (κ2) is 3.14. The molecule has 0 aliphatic carbocycles. The Morgan fingerprint density at radius 2 is 1.71 bits per heavy atom. The van der Waals surface area contributed by atoms with Gasteiger partial charge in [0.15, 0.2) is 0 Å². The second-order valence-electron chi connectivity index (χ2n) is 4.22. The molecule has 0 spiro atoms. The first-order valence-corrected chi connectivity index (χ1v) is 6.30. The first-order chi connectivity index (χ1) is 8.34. The third-order valence-electron chi connectivity index (χ3n) is 3.28. The van der Waals surface area contributed by atoms with Crippen LogP contribution >= 0.6 is 15.9 Å². The van der Waals surface area contributed by atoms with Crippen LogP contribution in [0.1, 0.15) is 0 Å². The van der Waals surface area contributed by atoms with Gasteiger partial charge in [-0.1, -0.05) is 24.3 Å². The van der Waals surface area contributed by atoms with Gasteiger partial charge in [-0.2, -0.15) is 0 Å². The standard InChI is InChI=1S/C14H9BrN2/c15-11-3-1-2-9-10-5-4-8-6-7-16-12(8)14(10)17-13(9)11/h1-7,16-17H. The van der Waals surface area contributed by atoms with Crippen molar-refractivity contribution >= 4 is 48.6 Å². The van der Waals surface area contributed by atoms with Crippen LogP contribution in [0, 0.1) is 0 Å². The molecule has 0 radical (unpaired) electrons. The summed E-state index contributed by atoms with van der Waals surface area (Å²) < 4.78 is 1.10. The molecule has 2 aromatic heterocycles. The fourth-order valence-corrected chi connectivity index (χ4v) is 2.95. The van der Waals surface area contributed by atoms with Crippen molar-refractivity contribution in [1.29, 1.82) is 0 Å². The molecule has 0 aliphatic rings. The van der Waals surface area contributed by atoms with Gasteiger partial charge >= 0.3 is 0 Å². The summed E-state index contributed by atoms with van der Waals surface area (Å²) >= 11 is 3.59. The number of aromatic amines is 2. The molecule has 0 saturated heterocycles. The van der Waals surface area contributed by atoms with Crippen LogP contribution in [-0.2, 0) is 0 Å². The van der Waals surface area contributed by atoms with Gasteiger partial charge in [0.1, 0.15) is 0 Å². The van der Waals surface area contributed by atoms with Crippen LogP contribution in [0.15, 0.2) is 47.1 Å². The molecule has 82 valence electrons. The average molecular weight is 285 g/mol. The molecule has 0 amide bonds. The Kier molecular flexibility index (Phi) is 1.72. The summed E-state index contributed by atoms with van der Waals surface area (Å²) in [7, 11) is 0. The molecule has 17 heavy (non-hydrogen) atoms. The van der Waals surface area contributed by atoms with Crippen LogP contribution in [0.2, 0.25) is 0 Å². The highest BCUT2D eigenvalue weighted by atomic mass is 79.9. The van der Waals surface area contributed by atoms with E-state index < -0.39 is 0 Å². The molecular weight excluding hydrogens is 276 g/mol. The monoisotopic (exact) mass is 284 g/mol. The number of aromatic nitrogens is 2. The Morgan fingerprint density at radius 3 is 2.65 bits per heavy atom. The zero-order chi connectivity index (χ0) is 11.4. The Morgan fingerprint density at radius 1 is 0.824 bits per heavy atom. The van der Waals surface area contributed by atoms with E-state index in [0.717, 1.165) is 9.99 Å². The average Bonchev–Trinajstić information content (AvgIpc) is 2.91. The van der Waals surface area contributed by atoms with Crippen molar-refractivity contribution in [2.24, 2.45) is 0 Å². The highest BCUT2D eigenvalue weighted by Crippen LogP contribution is 2.33. The number of fused-ring (bicyclic) bond motifs is 5. The van der Waals surface area contributed by atoms with E-state index in [9.17, 15) is 0 Å². The summed E-state index contributed by atoms with van der Waals surface area (Å²) in [4.78, 5) is 6.79. The molecule has 4 rings (SSSR count). The van der Waals surface area contributed by atoms with Crippen molar-refractivity contribution in [3.63, 3.8) is 0 Å². The van der Waals surface area contributed by atoms with E-state index in [2.05, 4.69) is 62.3 Å². The van der Waals surface area contributed by atoms with Crippen molar-refractivity contribution in [3.8, 4) is 0 Å². The van der Waals surface area contributed by atoms with E-state index >= 15 is 0 Å². The molecule has 0 aliphatic heterocycles. The maximum atomic E-state index is 3.59. The van der Waals surface area contributed by atoms with Crippen LogP contribution in [0.4, 0.5) is 0 Å². The van der Waals surface area contributed by atoms with Gasteiger partial charge in [0, 0.05) is 26.8 Å². The lowest BCUT2D eigenvalue weighted by atomic mass is 10.1. The zero-order valence-electron chi connectivity index (χ0n) is 8.92. The van der Waals surface area contributed by atoms with Gasteiger partial charge in [-0.15, -0.1) is 0 Å².